The van der Waals surface area contributed by atoms with Gasteiger partial charge in [0.05, 0.1) is 6.42 Å². The van der Waals surface area contributed by atoms with E-state index in [2.05, 4.69) is 43.4 Å². The molecule has 1 aromatic carbocycles. The topological polar surface area (TPSA) is 49.3 Å². The average molecular weight is 303 g/mol. The molecule has 2 rings (SSSR count). The maximum Gasteiger partial charge on any atom is 0.304 e. The van der Waals surface area contributed by atoms with Crippen LogP contribution in [0.4, 0.5) is 0 Å². The Bertz CT molecular complexity index is 461. The molecule has 1 aliphatic carbocycles. The maximum absolute atomic E-state index is 10.7. The number of carbonyl (C=O) groups is 1. The number of nitrogens with one attached hydrogen (secondary N) is 1. The molecule has 1 aliphatic rings. The fraction of sp³-hybridized carbons (Fsp3) is 0.632. The van der Waals surface area contributed by atoms with Crippen LogP contribution in [-0.4, -0.2) is 17.6 Å². The summed E-state index contributed by atoms with van der Waals surface area (Å²) in [7, 11) is 0. The molecule has 2 N–H and O–H groups in total. The molecule has 3 heteroatoms. The van der Waals surface area contributed by atoms with E-state index in [0.29, 0.717) is 12.5 Å². The summed E-state index contributed by atoms with van der Waals surface area (Å²) in [5.41, 5.74) is 2.73. The third kappa shape index (κ3) is 4.84. The summed E-state index contributed by atoms with van der Waals surface area (Å²) < 4.78 is 0. The van der Waals surface area contributed by atoms with Crippen LogP contribution in [0.2, 0.25) is 0 Å². The lowest BCUT2D eigenvalue weighted by molar-refractivity contribution is -0.136. The minimum atomic E-state index is -0.748. The lowest BCUT2D eigenvalue weighted by atomic mass is 9.83. The number of hydrogen-bond acceptors (Lipinski definition) is 2. The Kier molecular flexibility index (Phi) is 6.44. The SMILES string of the molecule is CC(C)C(NCCC(=O)O)c1ccc(C2CCCCC2)cc1. The monoisotopic (exact) mass is 303 g/mol. The Morgan fingerprint density at radius 2 is 1.82 bits per heavy atom. The summed E-state index contributed by atoms with van der Waals surface area (Å²) in [6, 6.07) is 9.23. The number of hydrogen-bond donors (Lipinski definition) is 2. The van der Waals surface area contributed by atoms with Gasteiger partial charge in [0.2, 0.25) is 0 Å². The van der Waals surface area contributed by atoms with E-state index in [1.807, 2.05) is 0 Å². The highest BCUT2D eigenvalue weighted by Gasteiger charge is 2.18. The average Bonchev–Trinajstić information content (AvgIpc) is 2.52. The first kappa shape index (κ1) is 17.0. The van der Waals surface area contributed by atoms with Gasteiger partial charge >= 0.3 is 5.97 Å². The van der Waals surface area contributed by atoms with Crippen molar-refractivity contribution >= 4 is 5.97 Å². The molecule has 22 heavy (non-hydrogen) atoms. The molecule has 0 saturated heterocycles. The van der Waals surface area contributed by atoms with Crippen molar-refractivity contribution in [2.45, 2.75) is 64.3 Å². The second-order valence-electron chi connectivity index (χ2n) is 6.82. The van der Waals surface area contributed by atoms with E-state index in [-0.39, 0.29) is 12.5 Å². The summed E-state index contributed by atoms with van der Waals surface area (Å²) in [6.07, 6.45) is 6.92. The molecule has 0 aliphatic heterocycles. The molecule has 0 heterocycles. The highest BCUT2D eigenvalue weighted by Crippen LogP contribution is 2.33. The molecule has 3 nitrogen and oxygen atoms in total. The summed E-state index contributed by atoms with van der Waals surface area (Å²) in [4.78, 5) is 10.7. The molecule has 1 fully saturated rings. The van der Waals surface area contributed by atoms with Crippen molar-refractivity contribution in [2.75, 3.05) is 6.54 Å². The highest BCUT2D eigenvalue weighted by molar-refractivity contribution is 5.66. The van der Waals surface area contributed by atoms with Crippen molar-refractivity contribution in [1.82, 2.24) is 5.32 Å². The van der Waals surface area contributed by atoms with Crippen LogP contribution < -0.4 is 5.32 Å². The Labute approximate surface area is 134 Å². The van der Waals surface area contributed by atoms with E-state index >= 15 is 0 Å². The molecular formula is C19H29NO2. The van der Waals surface area contributed by atoms with Crippen LogP contribution in [0.5, 0.6) is 0 Å². The molecule has 0 bridgehead atoms. The van der Waals surface area contributed by atoms with Gasteiger partial charge in [0, 0.05) is 12.6 Å². The zero-order chi connectivity index (χ0) is 15.9. The van der Waals surface area contributed by atoms with Gasteiger partial charge in [-0.1, -0.05) is 57.4 Å². The Hall–Kier alpha value is -1.35. The number of carboxylic acid groups (broad SMARTS) is 1. The number of rotatable bonds is 7. The van der Waals surface area contributed by atoms with Crippen LogP contribution >= 0.6 is 0 Å². The quantitative estimate of drug-likeness (QED) is 0.780. The van der Waals surface area contributed by atoms with Gasteiger partial charge in [-0.3, -0.25) is 4.79 Å². The fourth-order valence-electron chi connectivity index (χ4n) is 3.48. The van der Waals surface area contributed by atoms with Crippen molar-refractivity contribution in [1.29, 1.82) is 0 Å². The largest absolute Gasteiger partial charge is 0.481 e. The van der Waals surface area contributed by atoms with Gasteiger partial charge in [0.15, 0.2) is 0 Å². The smallest absolute Gasteiger partial charge is 0.304 e. The predicted octanol–water partition coefficient (Wildman–Crippen LogP) is 4.50. The molecule has 0 radical (unpaired) electrons. The first-order valence-electron chi connectivity index (χ1n) is 8.63. The van der Waals surface area contributed by atoms with E-state index in [4.69, 9.17) is 5.11 Å². The van der Waals surface area contributed by atoms with Crippen LogP contribution in [-0.2, 0) is 4.79 Å². The third-order valence-corrected chi connectivity index (χ3v) is 4.74. The molecule has 0 aromatic heterocycles. The fourth-order valence-corrected chi connectivity index (χ4v) is 3.48. The van der Waals surface area contributed by atoms with Crippen LogP contribution in [0, 0.1) is 5.92 Å². The van der Waals surface area contributed by atoms with Crippen molar-refractivity contribution in [3.8, 4) is 0 Å². The molecule has 1 atom stereocenters. The summed E-state index contributed by atoms with van der Waals surface area (Å²) in [5.74, 6) is 0.428. The first-order valence-corrected chi connectivity index (χ1v) is 8.63. The van der Waals surface area contributed by atoms with Crippen molar-refractivity contribution in [3.63, 3.8) is 0 Å². The Balaban J connectivity index is 2.00. The van der Waals surface area contributed by atoms with E-state index in [1.165, 1.54) is 43.2 Å². The molecule has 122 valence electrons. The lowest BCUT2D eigenvalue weighted by Gasteiger charge is -2.25. The molecule has 0 amide bonds. The van der Waals surface area contributed by atoms with Gasteiger partial charge in [-0.2, -0.15) is 0 Å². The van der Waals surface area contributed by atoms with Gasteiger partial charge < -0.3 is 10.4 Å². The van der Waals surface area contributed by atoms with Crippen LogP contribution in [0.15, 0.2) is 24.3 Å². The van der Waals surface area contributed by atoms with Crippen molar-refractivity contribution < 1.29 is 9.90 Å². The van der Waals surface area contributed by atoms with Crippen LogP contribution in [0.3, 0.4) is 0 Å². The second kappa shape index (κ2) is 8.33. The molecule has 1 aromatic rings. The van der Waals surface area contributed by atoms with Crippen molar-refractivity contribution in [3.05, 3.63) is 35.4 Å². The Morgan fingerprint density at radius 1 is 1.18 bits per heavy atom. The van der Waals surface area contributed by atoms with Gasteiger partial charge in [-0.05, 0) is 35.8 Å². The van der Waals surface area contributed by atoms with E-state index in [9.17, 15) is 4.79 Å². The lowest BCUT2D eigenvalue weighted by Crippen LogP contribution is -2.28. The second-order valence-corrected chi connectivity index (χ2v) is 6.82. The van der Waals surface area contributed by atoms with E-state index < -0.39 is 5.97 Å². The van der Waals surface area contributed by atoms with Gasteiger partial charge in [0.25, 0.3) is 0 Å². The van der Waals surface area contributed by atoms with Gasteiger partial charge in [-0.15, -0.1) is 0 Å². The van der Waals surface area contributed by atoms with Crippen LogP contribution in [0.25, 0.3) is 0 Å². The molecular weight excluding hydrogens is 274 g/mol. The van der Waals surface area contributed by atoms with Gasteiger partial charge in [-0.25, -0.2) is 0 Å². The predicted molar refractivity (Wildman–Crippen MR) is 90.1 cm³/mol. The third-order valence-electron chi connectivity index (χ3n) is 4.74. The molecule has 1 saturated carbocycles. The summed E-state index contributed by atoms with van der Waals surface area (Å²) in [5, 5.41) is 12.2. The normalized spacial score (nSPS) is 17.6. The van der Waals surface area contributed by atoms with E-state index in [1.54, 1.807) is 0 Å². The minimum Gasteiger partial charge on any atom is -0.481 e. The number of benzene rings is 1. The summed E-state index contributed by atoms with van der Waals surface area (Å²) >= 11 is 0. The minimum absolute atomic E-state index is 0.170. The standard InChI is InChI=1S/C19H29NO2/c1-14(2)19(20-13-12-18(21)22)17-10-8-16(9-11-17)15-6-4-3-5-7-15/h8-11,14-15,19-20H,3-7,12-13H2,1-2H3,(H,21,22). The number of aliphatic carboxylic acids is 1. The zero-order valence-electron chi connectivity index (χ0n) is 13.8. The summed E-state index contributed by atoms with van der Waals surface area (Å²) in [6.45, 7) is 4.86. The highest BCUT2D eigenvalue weighted by atomic mass is 16.4. The zero-order valence-corrected chi connectivity index (χ0v) is 13.8. The Morgan fingerprint density at radius 3 is 2.36 bits per heavy atom. The number of carboxylic acids is 1. The molecule has 0 spiro atoms. The maximum atomic E-state index is 10.7. The first-order chi connectivity index (χ1) is 10.6. The van der Waals surface area contributed by atoms with Crippen molar-refractivity contribution in [2.24, 2.45) is 5.92 Å². The van der Waals surface area contributed by atoms with Gasteiger partial charge in [0.1, 0.15) is 0 Å². The molecule has 1 unspecified atom stereocenters. The van der Waals surface area contributed by atoms with E-state index in [0.717, 1.165) is 5.92 Å². The van der Waals surface area contributed by atoms with Crippen LogP contribution in [0.1, 0.15) is 75.5 Å².